The average Bonchev–Trinajstić information content (AvgIpc) is 3.08. The summed E-state index contributed by atoms with van der Waals surface area (Å²) >= 11 is 0. The molecule has 2 aliphatic carbocycles. The molecule has 0 spiro atoms. The van der Waals surface area contributed by atoms with Crippen molar-refractivity contribution in [2.75, 3.05) is 5.73 Å². The highest BCUT2D eigenvalue weighted by Gasteiger charge is 2.27. The first-order valence-corrected chi connectivity index (χ1v) is 7.12. The van der Waals surface area contributed by atoms with Gasteiger partial charge < -0.3 is 5.73 Å². The lowest BCUT2D eigenvalue weighted by Gasteiger charge is -2.25. The van der Waals surface area contributed by atoms with Gasteiger partial charge >= 0.3 is 0 Å². The molecule has 0 aliphatic heterocycles. The molecule has 2 aromatic heterocycles. The van der Waals surface area contributed by atoms with E-state index in [0.717, 1.165) is 11.3 Å². The largest absolute Gasteiger partial charge is 0.383 e. The molecule has 0 atom stereocenters. The summed E-state index contributed by atoms with van der Waals surface area (Å²) in [4.78, 5) is 4.33. The summed E-state index contributed by atoms with van der Waals surface area (Å²) in [6.45, 7) is 0. The SMILES string of the molecule is Nc1ncc(-c2ccn(C3CCC3)n2)cc1C1CC1. The Labute approximate surface area is 112 Å². The molecular formula is C15H18N4. The average molecular weight is 254 g/mol. The molecule has 0 bridgehead atoms. The maximum absolute atomic E-state index is 5.96. The molecule has 0 radical (unpaired) electrons. The molecule has 2 heterocycles. The minimum atomic E-state index is 0.610. The van der Waals surface area contributed by atoms with Crippen LogP contribution in [0.15, 0.2) is 24.5 Å². The molecule has 4 rings (SSSR count). The van der Waals surface area contributed by atoms with Gasteiger partial charge in [-0.1, -0.05) is 0 Å². The zero-order chi connectivity index (χ0) is 12.8. The monoisotopic (exact) mass is 254 g/mol. The van der Waals surface area contributed by atoms with Crippen LogP contribution in [-0.2, 0) is 0 Å². The fraction of sp³-hybridized carbons (Fsp3) is 0.467. The van der Waals surface area contributed by atoms with E-state index >= 15 is 0 Å². The van der Waals surface area contributed by atoms with Crippen molar-refractivity contribution in [2.24, 2.45) is 0 Å². The zero-order valence-electron chi connectivity index (χ0n) is 10.9. The number of rotatable bonds is 3. The summed E-state index contributed by atoms with van der Waals surface area (Å²) in [5.74, 6) is 1.31. The smallest absolute Gasteiger partial charge is 0.126 e. The second-order valence-electron chi connectivity index (χ2n) is 5.74. The zero-order valence-corrected chi connectivity index (χ0v) is 10.9. The second-order valence-corrected chi connectivity index (χ2v) is 5.74. The Bertz CT molecular complexity index is 608. The van der Waals surface area contributed by atoms with Crippen LogP contribution in [0, 0.1) is 0 Å². The number of hydrogen-bond donors (Lipinski definition) is 1. The van der Waals surface area contributed by atoms with Crippen LogP contribution in [0.2, 0.25) is 0 Å². The van der Waals surface area contributed by atoms with Gasteiger partial charge in [-0.15, -0.1) is 0 Å². The molecule has 2 aliphatic rings. The van der Waals surface area contributed by atoms with Gasteiger partial charge in [0.05, 0.1) is 11.7 Å². The van der Waals surface area contributed by atoms with E-state index in [4.69, 9.17) is 5.73 Å². The summed E-state index contributed by atoms with van der Waals surface area (Å²) in [6.07, 6.45) is 10.3. The highest BCUT2D eigenvalue weighted by molar-refractivity contribution is 5.62. The van der Waals surface area contributed by atoms with Crippen LogP contribution >= 0.6 is 0 Å². The number of hydrogen-bond acceptors (Lipinski definition) is 3. The minimum absolute atomic E-state index is 0.610. The molecule has 19 heavy (non-hydrogen) atoms. The summed E-state index contributed by atoms with van der Waals surface area (Å²) in [7, 11) is 0. The van der Waals surface area contributed by atoms with Gasteiger partial charge in [0, 0.05) is 18.0 Å². The second kappa shape index (κ2) is 4.08. The third-order valence-electron chi connectivity index (χ3n) is 4.32. The van der Waals surface area contributed by atoms with Gasteiger partial charge in [0.25, 0.3) is 0 Å². The van der Waals surface area contributed by atoms with Crippen LogP contribution in [0.3, 0.4) is 0 Å². The normalized spacial score (nSPS) is 19.4. The molecule has 2 aromatic rings. The molecule has 0 unspecified atom stereocenters. The lowest BCUT2D eigenvalue weighted by atomic mass is 9.93. The summed E-state index contributed by atoms with van der Waals surface area (Å²) < 4.78 is 2.10. The molecule has 4 nitrogen and oxygen atoms in total. The number of pyridine rings is 1. The number of anilines is 1. The van der Waals surface area contributed by atoms with Crippen molar-refractivity contribution in [3.63, 3.8) is 0 Å². The number of nitrogens with two attached hydrogens (primary N) is 1. The van der Waals surface area contributed by atoms with E-state index in [-0.39, 0.29) is 0 Å². The van der Waals surface area contributed by atoms with E-state index in [9.17, 15) is 0 Å². The van der Waals surface area contributed by atoms with Crippen LogP contribution in [0.1, 0.15) is 49.6 Å². The lowest BCUT2D eigenvalue weighted by Crippen LogP contribution is -2.17. The Balaban J connectivity index is 1.67. The van der Waals surface area contributed by atoms with E-state index in [1.165, 1.54) is 37.7 Å². The van der Waals surface area contributed by atoms with Gasteiger partial charge in [0.2, 0.25) is 0 Å². The Morgan fingerprint density at radius 2 is 2.05 bits per heavy atom. The lowest BCUT2D eigenvalue weighted by molar-refractivity contribution is 0.290. The van der Waals surface area contributed by atoms with Gasteiger partial charge in [-0.2, -0.15) is 5.10 Å². The molecular weight excluding hydrogens is 236 g/mol. The first kappa shape index (κ1) is 11.0. The van der Waals surface area contributed by atoms with Gasteiger partial charge in [-0.25, -0.2) is 4.98 Å². The van der Waals surface area contributed by atoms with E-state index in [1.807, 2.05) is 6.20 Å². The van der Waals surface area contributed by atoms with Crippen LogP contribution in [0.4, 0.5) is 5.82 Å². The number of nitrogens with zero attached hydrogens (tertiary/aromatic N) is 3. The minimum Gasteiger partial charge on any atom is -0.383 e. The maximum atomic E-state index is 5.96. The number of aromatic nitrogens is 3. The van der Waals surface area contributed by atoms with Gasteiger partial charge in [-0.3, -0.25) is 4.68 Å². The van der Waals surface area contributed by atoms with Crippen molar-refractivity contribution in [2.45, 2.75) is 44.1 Å². The summed E-state index contributed by atoms with van der Waals surface area (Å²) in [5.41, 5.74) is 9.27. The topological polar surface area (TPSA) is 56.7 Å². The highest BCUT2D eigenvalue weighted by Crippen LogP contribution is 2.43. The van der Waals surface area contributed by atoms with Crippen LogP contribution in [0.5, 0.6) is 0 Å². The third kappa shape index (κ3) is 1.91. The maximum Gasteiger partial charge on any atom is 0.126 e. The van der Waals surface area contributed by atoms with Crippen LogP contribution in [-0.4, -0.2) is 14.8 Å². The summed E-state index contributed by atoms with van der Waals surface area (Å²) in [5, 5.41) is 4.69. The van der Waals surface area contributed by atoms with E-state index in [0.29, 0.717) is 17.8 Å². The van der Waals surface area contributed by atoms with Crippen molar-refractivity contribution in [3.8, 4) is 11.3 Å². The molecule has 0 saturated heterocycles. The van der Waals surface area contributed by atoms with Gasteiger partial charge in [-0.05, 0) is 55.7 Å². The van der Waals surface area contributed by atoms with Gasteiger partial charge in [0.15, 0.2) is 0 Å². The third-order valence-corrected chi connectivity index (χ3v) is 4.32. The van der Waals surface area contributed by atoms with E-state index in [2.05, 4.69) is 33.1 Å². The fourth-order valence-corrected chi connectivity index (χ4v) is 2.70. The first-order valence-electron chi connectivity index (χ1n) is 7.12. The molecule has 0 amide bonds. The van der Waals surface area contributed by atoms with E-state index in [1.54, 1.807) is 0 Å². The van der Waals surface area contributed by atoms with Crippen molar-refractivity contribution >= 4 is 5.82 Å². The highest BCUT2D eigenvalue weighted by atomic mass is 15.3. The Morgan fingerprint density at radius 3 is 2.74 bits per heavy atom. The molecule has 0 aromatic carbocycles. The van der Waals surface area contributed by atoms with Crippen LogP contribution in [0.25, 0.3) is 11.3 Å². The van der Waals surface area contributed by atoms with Crippen molar-refractivity contribution in [3.05, 3.63) is 30.1 Å². The standard InChI is InChI=1S/C15H18N4/c16-15-13(10-4-5-10)8-11(9-17-15)14-6-7-19(18-14)12-2-1-3-12/h6-10,12H,1-5H2,(H2,16,17). The summed E-state index contributed by atoms with van der Waals surface area (Å²) in [6, 6.07) is 4.87. The van der Waals surface area contributed by atoms with Crippen LogP contribution < -0.4 is 5.73 Å². The molecule has 2 fully saturated rings. The molecule has 98 valence electrons. The van der Waals surface area contributed by atoms with Crippen molar-refractivity contribution < 1.29 is 0 Å². The van der Waals surface area contributed by atoms with E-state index < -0.39 is 0 Å². The Hall–Kier alpha value is -1.84. The number of nitrogen functional groups attached to an aromatic ring is 1. The molecule has 4 heteroatoms. The first-order chi connectivity index (χ1) is 9.31. The Kier molecular flexibility index (Phi) is 2.37. The molecule has 2 saturated carbocycles. The quantitative estimate of drug-likeness (QED) is 0.915. The fourth-order valence-electron chi connectivity index (χ4n) is 2.70. The van der Waals surface area contributed by atoms with Crippen molar-refractivity contribution in [1.82, 2.24) is 14.8 Å². The Morgan fingerprint density at radius 1 is 1.21 bits per heavy atom. The van der Waals surface area contributed by atoms with Gasteiger partial charge in [0.1, 0.15) is 5.82 Å². The predicted octanol–water partition coefficient (Wildman–Crippen LogP) is 3.13. The predicted molar refractivity (Wildman–Crippen MR) is 74.7 cm³/mol. The molecule has 2 N–H and O–H groups in total. The van der Waals surface area contributed by atoms with Crippen molar-refractivity contribution in [1.29, 1.82) is 0 Å².